The standard InChI is InChI=1S/C16H12O6/c1-21-12-3-2-8(4-10(12)18)5-14-16(20)15-11(19)6-9(17)7-13(15)22-14/h2-7,17-19H,1H3/b14-5-. The maximum Gasteiger partial charge on any atom is 0.235 e. The van der Waals surface area contributed by atoms with E-state index in [9.17, 15) is 20.1 Å². The molecular formula is C16H12O6. The largest absolute Gasteiger partial charge is 0.508 e. The molecule has 0 bridgehead atoms. The summed E-state index contributed by atoms with van der Waals surface area (Å²) in [5, 5.41) is 28.9. The van der Waals surface area contributed by atoms with Gasteiger partial charge in [0.1, 0.15) is 22.8 Å². The van der Waals surface area contributed by atoms with Gasteiger partial charge in [0.15, 0.2) is 17.3 Å². The molecular weight excluding hydrogens is 288 g/mol. The Morgan fingerprint density at radius 3 is 2.55 bits per heavy atom. The van der Waals surface area contributed by atoms with E-state index in [-0.39, 0.29) is 34.3 Å². The summed E-state index contributed by atoms with van der Waals surface area (Å²) in [6.45, 7) is 0. The van der Waals surface area contributed by atoms with Crippen molar-refractivity contribution in [3.8, 4) is 28.7 Å². The molecule has 0 unspecified atom stereocenters. The molecule has 6 heteroatoms. The molecule has 112 valence electrons. The molecule has 0 spiro atoms. The van der Waals surface area contributed by atoms with Crippen LogP contribution >= 0.6 is 0 Å². The van der Waals surface area contributed by atoms with Crippen molar-refractivity contribution in [1.29, 1.82) is 0 Å². The molecule has 2 aromatic carbocycles. The Bertz CT molecular complexity index is 807. The number of phenols is 3. The van der Waals surface area contributed by atoms with E-state index in [1.54, 1.807) is 12.1 Å². The highest BCUT2D eigenvalue weighted by molar-refractivity contribution is 6.16. The van der Waals surface area contributed by atoms with Crippen LogP contribution in [0.4, 0.5) is 0 Å². The Kier molecular flexibility index (Phi) is 3.14. The highest BCUT2D eigenvalue weighted by Gasteiger charge is 2.31. The molecule has 1 aliphatic heterocycles. The molecule has 0 saturated heterocycles. The zero-order chi connectivity index (χ0) is 15.9. The lowest BCUT2D eigenvalue weighted by Gasteiger charge is -2.04. The first-order chi connectivity index (χ1) is 10.5. The van der Waals surface area contributed by atoms with Gasteiger partial charge in [-0.1, -0.05) is 6.07 Å². The smallest absolute Gasteiger partial charge is 0.235 e. The molecule has 0 aromatic heterocycles. The number of ether oxygens (including phenoxy) is 2. The van der Waals surface area contributed by atoms with E-state index < -0.39 is 5.78 Å². The van der Waals surface area contributed by atoms with E-state index in [4.69, 9.17) is 9.47 Å². The van der Waals surface area contributed by atoms with Crippen LogP contribution in [0.3, 0.4) is 0 Å². The van der Waals surface area contributed by atoms with Crippen molar-refractivity contribution in [2.45, 2.75) is 0 Å². The Morgan fingerprint density at radius 1 is 1.09 bits per heavy atom. The molecule has 0 amide bonds. The number of benzene rings is 2. The number of Topliss-reactive ketones (excluding diaryl/α,β-unsaturated/α-hetero) is 1. The first-order valence-corrected chi connectivity index (χ1v) is 6.37. The minimum atomic E-state index is -0.497. The summed E-state index contributed by atoms with van der Waals surface area (Å²) in [5.74, 6) is -0.727. The van der Waals surface area contributed by atoms with Crippen molar-refractivity contribution in [2.24, 2.45) is 0 Å². The van der Waals surface area contributed by atoms with Crippen molar-refractivity contribution in [1.82, 2.24) is 0 Å². The lowest BCUT2D eigenvalue weighted by Crippen LogP contribution is -1.98. The molecule has 2 aromatic rings. The van der Waals surface area contributed by atoms with Crippen molar-refractivity contribution in [2.75, 3.05) is 7.11 Å². The number of hydrogen-bond acceptors (Lipinski definition) is 6. The molecule has 0 fully saturated rings. The molecule has 1 aliphatic rings. The summed E-state index contributed by atoms with van der Waals surface area (Å²) in [4.78, 5) is 12.2. The maximum atomic E-state index is 12.2. The third kappa shape index (κ3) is 2.20. The minimum Gasteiger partial charge on any atom is -0.508 e. The number of allylic oxidation sites excluding steroid dienone is 1. The van der Waals surface area contributed by atoms with Crippen LogP contribution in [0.25, 0.3) is 6.08 Å². The number of methoxy groups -OCH3 is 1. The van der Waals surface area contributed by atoms with Crippen LogP contribution in [0.5, 0.6) is 28.7 Å². The van der Waals surface area contributed by atoms with Crippen LogP contribution in [0.1, 0.15) is 15.9 Å². The second-order valence-corrected chi connectivity index (χ2v) is 4.71. The Morgan fingerprint density at radius 2 is 1.86 bits per heavy atom. The number of hydrogen-bond donors (Lipinski definition) is 3. The first-order valence-electron chi connectivity index (χ1n) is 6.37. The lowest BCUT2D eigenvalue weighted by molar-refractivity contribution is 0.101. The van der Waals surface area contributed by atoms with Crippen LogP contribution in [0.2, 0.25) is 0 Å². The Hall–Kier alpha value is -3.15. The molecule has 6 nitrogen and oxygen atoms in total. The second-order valence-electron chi connectivity index (χ2n) is 4.71. The van der Waals surface area contributed by atoms with Gasteiger partial charge in [0, 0.05) is 12.1 Å². The van der Waals surface area contributed by atoms with Gasteiger partial charge < -0.3 is 24.8 Å². The van der Waals surface area contributed by atoms with Gasteiger partial charge >= 0.3 is 0 Å². The Labute approximate surface area is 125 Å². The van der Waals surface area contributed by atoms with Crippen LogP contribution in [-0.4, -0.2) is 28.2 Å². The van der Waals surface area contributed by atoms with Crippen LogP contribution in [0.15, 0.2) is 36.1 Å². The van der Waals surface area contributed by atoms with Gasteiger partial charge in [-0.2, -0.15) is 0 Å². The summed E-state index contributed by atoms with van der Waals surface area (Å²) in [6, 6.07) is 6.93. The molecule has 22 heavy (non-hydrogen) atoms. The fourth-order valence-corrected chi connectivity index (χ4v) is 2.23. The monoisotopic (exact) mass is 300 g/mol. The van der Waals surface area contributed by atoms with E-state index >= 15 is 0 Å². The molecule has 0 saturated carbocycles. The SMILES string of the molecule is COc1ccc(/C=C2\Oc3cc(O)cc(O)c3C2=O)cc1O. The molecule has 3 N–H and O–H groups in total. The number of fused-ring (bicyclic) bond motifs is 1. The van der Waals surface area contributed by atoms with Crippen LogP contribution < -0.4 is 9.47 Å². The summed E-state index contributed by atoms with van der Waals surface area (Å²) >= 11 is 0. The average Bonchev–Trinajstić information content (AvgIpc) is 2.75. The normalized spacial score (nSPS) is 14.8. The van der Waals surface area contributed by atoms with Crippen molar-refractivity contribution in [3.63, 3.8) is 0 Å². The Balaban J connectivity index is 1.99. The number of rotatable bonds is 2. The average molecular weight is 300 g/mol. The number of ketones is 1. The zero-order valence-corrected chi connectivity index (χ0v) is 11.5. The lowest BCUT2D eigenvalue weighted by atomic mass is 10.1. The number of phenolic OH excluding ortho intramolecular Hbond substituents is 3. The predicted molar refractivity (Wildman–Crippen MR) is 77.4 cm³/mol. The van der Waals surface area contributed by atoms with Crippen molar-refractivity contribution < 1.29 is 29.6 Å². The topological polar surface area (TPSA) is 96.2 Å². The quantitative estimate of drug-likeness (QED) is 0.737. The number of aromatic hydroxyl groups is 3. The summed E-state index contributed by atoms with van der Waals surface area (Å²) in [5.41, 5.74) is 0.528. The van der Waals surface area contributed by atoms with Gasteiger partial charge in [0.2, 0.25) is 5.78 Å². The number of carbonyl (C=O) groups excluding carboxylic acids is 1. The van der Waals surface area contributed by atoms with Crippen molar-refractivity contribution in [3.05, 3.63) is 47.2 Å². The van der Waals surface area contributed by atoms with Gasteiger partial charge in [0.25, 0.3) is 0 Å². The van der Waals surface area contributed by atoms with Gasteiger partial charge in [-0.05, 0) is 23.8 Å². The first kappa shape index (κ1) is 13.8. The fourth-order valence-electron chi connectivity index (χ4n) is 2.23. The second kappa shape index (κ2) is 5.00. The van der Waals surface area contributed by atoms with E-state index in [0.717, 1.165) is 6.07 Å². The van der Waals surface area contributed by atoms with Gasteiger partial charge in [-0.25, -0.2) is 0 Å². The fraction of sp³-hybridized carbons (Fsp3) is 0.0625. The third-order valence-electron chi connectivity index (χ3n) is 3.24. The predicted octanol–water partition coefficient (Wildman–Crippen LogP) is 2.43. The van der Waals surface area contributed by atoms with E-state index in [0.29, 0.717) is 11.3 Å². The zero-order valence-electron chi connectivity index (χ0n) is 11.5. The highest BCUT2D eigenvalue weighted by Crippen LogP contribution is 2.40. The van der Waals surface area contributed by atoms with Crippen LogP contribution in [-0.2, 0) is 0 Å². The third-order valence-corrected chi connectivity index (χ3v) is 3.24. The van der Waals surface area contributed by atoms with Gasteiger partial charge in [-0.3, -0.25) is 4.79 Å². The maximum absolute atomic E-state index is 12.2. The molecule has 0 radical (unpaired) electrons. The molecule has 1 heterocycles. The van der Waals surface area contributed by atoms with E-state index in [2.05, 4.69) is 0 Å². The van der Waals surface area contributed by atoms with Crippen LogP contribution in [0, 0.1) is 0 Å². The van der Waals surface area contributed by atoms with Crippen molar-refractivity contribution >= 4 is 11.9 Å². The highest BCUT2D eigenvalue weighted by atomic mass is 16.5. The summed E-state index contributed by atoms with van der Waals surface area (Å²) < 4.78 is 10.3. The molecule has 0 aliphatic carbocycles. The van der Waals surface area contributed by atoms with Gasteiger partial charge in [0.05, 0.1) is 7.11 Å². The summed E-state index contributed by atoms with van der Waals surface area (Å²) in [7, 11) is 1.43. The van der Waals surface area contributed by atoms with Gasteiger partial charge in [-0.15, -0.1) is 0 Å². The number of carbonyl (C=O) groups is 1. The van der Waals surface area contributed by atoms with E-state index in [1.165, 1.54) is 25.3 Å². The molecule has 0 atom stereocenters. The minimum absolute atomic E-state index is 0.00165. The summed E-state index contributed by atoms with van der Waals surface area (Å²) in [6.07, 6.45) is 1.43. The van der Waals surface area contributed by atoms with E-state index in [1.807, 2.05) is 0 Å². The molecule has 3 rings (SSSR count).